The van der Waals surface area contributed by atoms with Crippen LogP contribution in [0.25, 0.3) is 0 Å². The maximum Gasteiger partial charge on any atom is 0.247 e. The molecule has 0 aromatic carbocycles. The molecule has 1 aliphatic heterocycles. The van der Waals surface area contributed by atoms with Crippen LogP contribution in [-0.4, -0.2) is 43.2 Å². The number of hydrogen-bond acceptors (Lipinski definition) is 3. The van der Waals surface area contributed by atoms with Crippen LogP contribution >= 0.6 is 0 Å². The minimum atomic E-state index is -0.389. The third-order valence-corrected chi connectivity index (χ3v) is 5.15. The number of ether oxygens (including phenoxy) is 1. The second-order valence-corrected chi connectivity index (χ2v) is 6.30. The number of carbonyl (C=O) groups is 1. The van der Waals surface area contributed by atoms with Gasteiger partial charge in [0, 0.05) is 19.6 Å². The Morgan fingerprint density at radius 2 is 2.06 bits per heavy atom. The molecule has 4 heteroatoms. The van der Waals surface area contributed by atoms with E-state index in [4.69, 9.17) is 10.5 Å². The van der Waals surface area contributed by atoms with Crippen molar-refractivity contribution in [3.05, 3.63) is 0 Å². The molecule has 1 saturated heterocycles. The second kappa shape index (κ2) is 5.17. The molecule has 2 atom stereocenters. The van der Waals surface area contributed by atoms with Crippen molar-refractivity contribution in [2.75, 3.05) is 26.2 Å². The molecule has 0 aromatic heterocycles. The maximum atomic E-state index is 11.2. The molecule has 0 radical (unpaired) electrons. The van der Waals surface area contributed by atoms with E-state index in [1.165, 1.54) is 32.1 Å². The Labute approximate surface area is 109 Å². The summed E-state index contributed by atoms with van der Waals surface area (Å²) < 4.78 is 5.40. The lowest BCUT2D eigenvalue weighted by atomic mass is 9.64. The molecule has 2 unspecified atom stereocenters. The molecular formula is C14H24N2O2. The van der Waals surface area contributed by atoms with Gasteiger partial charge in [0.1, 0.15) is 6.10 Å². The van der Waals surface area contributed by atoms with E-state index < -0.39 is 0 Å². The van der Waals surface area contributed by atoms with E-state index in [0.29, 0.717) is 13.2 Å². The number of morpholine rings is 1. The van der Waals surface area contributed by atoms with Gasteiger partial charge in [0.25, 0.3) is 0 Å². The Kier molecular flexibility index (Phi) is 3.57. The van der Waals surface area contributed by atoms with Crippen LogP contribution in [0.4, 0.5) is 0 Å². The van der Waals surface area contributed by atoms with Gasteiger partial charge in [0.15, 0.2) is 0 Å². The molecule has 0 spiro atoms. The van der Waals surface area contributed by atoms with Crippen molar-refractivity contribution < 1.29 is 9.53 Å². The van der Waals surface area contributed by atoms with Crippen LogP contribution in [0.2, 0.25) is 0 Å². The summed E-state index contributed by atoms with van der Waals surface area (Å²) in [6.07, 6.45) is 6.78. The van der Waals surface area contributed by atoms with Crippen LogP contribution < -0.4 is 5.73 Å². The van der Waals surface area contributed by atoms with Crippen molar-refractivity contribution >= 4 is 5.91 Å². The molecule has 102 valence electrons. The summed E-state index contributed by atoms with van der Waals surface area (Å²) in [7, 11) is 0. The van der Waals surface area contributed by atoms with Gasteiger partial charge in [0.2, 0.25) is 5.91 Å². The molecule has 18 heavy (non-hydrogen) atoms. The van der Waals surface area contributed by atoms with Crippen molar-refractivity contribution in [1.82, 2.24) is 4.90 Å². The highest BCUT2D eigenvalue weighted by Gasteiger charge is 2.37. The topological polar surface area (TPSA) is 55.6 Å². The summed E-state index contributed by atoms with van der Waals surface area (Å²) in [6.45, 7) is 3.45. The average Bonchev–Trinajstić information content (AvgIpc) is 2.40. The summed E-state index contributed by atoms with van der Waals surface area (Å²) in [6, 6.07) is 0. The van der Waals surface area contributed by atoms with E-state index in [1.54, 1.807) is 0 Å². The Bertz CT molecular complexity index is 313. The number of rotatable bonds is 3. The van der Waals surface area contributed by atoms with Crippen molar-refractivity contribution in [3.8, 4) is 0 Å². The fourth-order valence-corrected chi connectivity index (χ4v) is 4.11. The van der Waals surface area contributed by atoms with Crippen molar-refractivity contribution in [2.45, 2.75) is 38.2 Å². The molecule has 4 nitrogen and oxygen atoms in total. The van der Waals surface area contributed by atoms with Crippen LogP contribution in [0, 0.1) is 17.8 Å². The van der Waals surface area contributed by atoms with Crippen LogP contribution in [0.5, 0.6) is 0 Å². The minimum Gasteiger partial charge on any atom is -0.367 e. The van der Waals surface area contributed by atoms with E-state index in [2.05, 4.69) is 4.90 Å². The van der Waals surface area contributed by atoms with Crippen LogP contribution in [0.15, 0.2) is 0 Å². The molecule has 4 rings (SSSR count). The third-order valence-electron chi connectivity index (χ3n) is 5.15. The predicted octanol–water partition coefficient (Wildman–Crippen LogP) is 0.999. The fraction of sp³-hybridized carbons (Fsp3) is 0.929. The minimum absolute atomic E-state index is 0.315. The van der Waals surface area contributed by atoms with Crippen LogP contribution in [-0.2, 0) is 9.53 Å². The van der Waals surface area contributed by atoms with Gasteiger partial charge in [-0.3, -0.25) is 9.69 Å². The van der Waals surface area contributed by atoms with Gasteiger partial charge in [-0.25, -0.2) is 0 Å². The van der Waals surface area contributed by atoms with E-state index in [0.717, 1.165) is 30.8 Å². The molecular weight excluding hydrogens is 228 g/mol. The Balaban J connectivity index is 1.54. The SMILES string of the molecule is NC(=O)C1CN(CC2CC3CCC2CC3)CCO1. The van der Waals surface area contributed by atoms with Gasteiger partial charge in [-0.05, 0) is 37.0 Å². The Morgan fingerprint density at radius 1 is 1.28 bits per heavy atom. The molecule has 2 N–H and O–H groups in total. The zero-order chi connectivity index (χ0) is 12.5. The van der Waals surface area contributed by atoms with E-state index in [9.17, 15) is 4.79 Å². The van der Waals surface area contributed by atoms with E-state index >= 15 is 0 Å². The predicted molar refractivity (Wildman–Crippen MR) is 68.9 cm³/mol. The normalized spacial score (nSPS) is 40.9. The number of hydrogen-bond donors (Lipinski definition) is 1. The molecule has 4 fully saturated rings. The van der Waals surface area contributed by atoms with E-state index in [1.807, 2.05) is 0 Å². The highest BCUT2D eigenvalue weighted by molar-refractivity contribution is 5.79. The first-order chi connectivity index (χ1) is 8.72. The van der Waals surface area contributed by atoms with Crippen molar-refractivity contribution in [3.63, 3.8) is 0 Å². The number of primary amides is 1. The van der Waals surface area contributed by atoms with Gasteiger partial charge in [-0.2, -0.15) is 0 Å². The van der Waals surface area contributed by atoms with Crippen molar-refractivity contribution in [2.24, 2.45) is 23.5 Å². The summed E-state index contributed by atoms with van der Waals surface area (Å²) in [5, 5.41) is 0. The lowest BCUT2D eigenvalue weighted by Gasteiger charge is -2.45. The largest absolute Gasteiger partial charge is 0.367 e. The summed E-state index contributed by atoms with van der Waals surface area (Å²) in [5.41, 5.74) is 5.33. The van der Waals surface area contributed by atoms with Gasteiger partial charge in [-0.1, -0.05) is 12.8 Å². The Hall–Kier alpha value is -0.610. The van der Waals surface area contributed by atoms with Gasteiger partial charge in [0.05, 0.1) is 6.61 Å². The molecule has 0 aromatic rings. The number of amides is 1. The Morgan fingerprint density at radius 3 is 2.67 bits per heavy atom. The standard InChI is InChI=1S/C14H24N2O2/c15-14(17)13-9-16(5-6-18-13)8-12-7-10-1-3-11(12)4-2-10/h10-13H,1-9H2,(H2,15,17). The summed E-state index contributed by atoms with van der Waals surface area (Å²) >= 11 is 0. The number of nitrogens with two attached hydrogens (primary N) is 1. The lowest BCUT2D eigenvalue weighted by molar-refractivity contribution is -0.135. The van der Waals surface area contributed by atoms with Crippen molar-refractivity contribution in [1.29, 1.82) is 0 Å². The van der Waals surface area contributed by atoms with Gasteiger partial charge >= 0.3 is 0 Å². The first kappa shape index (κ1) is 12.4. The maximum absolute atomic E-state index is 11.2. The molecule has 2 bridgehead atoms. The number of fused-ring (bicyclic) bond motifs is 3. The second-order valence-electron chi connectivity index (χ2n) is 6.30. The van der Waals surface area contributed by atoms with Crippen LogP contribution in [0.1, 0.15) is 32.1 Å². The molecule has 3 aliphatic carbocycles. The highest BCUT2D eigenvalue weighted by atomic mass is 16.5. The quantitative estimate of drug-likeness (QED) is 0.815. The first-order valence-corrected chi connectivity index (χ1v) is 7.35. The zero-order valence-electron chi connectivity index (χ0n) is 11.0. The zero-order valence-corrected chi connectivity index (χ0v) is 11.0. The number of nitrogens with zero attached hydrogens (tertiary/aromatic N) is 1. The smallest absolute Gasteiger partial charge is 0.247 e. The number of carbonyl (C=O) groups excluding carboxylic acids is 1. The monoisotopic (exact) mass is 252 g/mol. The third kappa shape index (κ3) is 2.54. The fourth-order valence-electron chi connectivity index (χ4n) is 4.11. The highest BCUT2D eigenvalue weighted by Crippen LogP contribution is 2.45. The molecule has 3 saturated carbocycles. The molecule has 4 aliphatic rings. The average molecular weight is 252 g/mol. The van der Waals surface area contributed by atoms with Gasteiger partial charge < -0.3 is 10.5 Å². The van der Waals surface area contributed by atoms with E-state index in [-0.39, 0.29) is 12.0 Å². The molecule has 1 heterocycles. The summed E-state index contributed by atoms with van der Waals surface area (Å²) in [5.74, 6) is 2.45. The van der Waals surface area contributed by atoms with Gasteiger partial charge in [-0.15, -0.1) is 0 Å². The first-order valence-electron chi connectivity index (χ1n) is 7.35. The lowest BCUT2D eigenvalue weighted by Crippen LogP contribution is -2.51. The summed E-state index contributed by atoms with van der Waals surface area (Å²) in [4.78, 5) is 13.6. The van der Waals surface area contributed by atoms with Crippen LogP contribution in [0.3, 0.4) is 0 Å². The molecule has 1 amide bonds.